The van der Waals surface area contributed by atoms with Crippen molar-refractivity contribution in [3.8, 4) is 0 Å². The Kier molecular flexibility index (Phi) is 6.59. The Morgan fingerprint density at radius 2 is 2.12 bits per heavy atom. The number of carbonyl (C=O) groups excluding carboxylic acids is 1. The number of halogens is 1. The second-order valence-electron chi connectivity index (χ2n) is 5.16. The Bertz CT molecular complexity index is 780. The Morgan fingerprint density at radius 3 is 2.84 bits per heavy atom. The topological polar surface area (TPSA) is 84.8 Å². The second-order valence-corrected chi connectivity index (χ2v) is 5.56. The number of anilines is 1. The highest BCUT2D eigenvalue weighted by atomic mass is 35.5. The van der Waals surface area contributed by atoms with Gasteiger partial charge in [-0.1, -0.05) is 28.9 Å². The lowest BCUT2D eigenvalue weighted by Crippen LogP contribution is -2.29. The quantitative estimate of drug-likeness (QED) is 0.605. The lowest BCUT2D eigenvalue weighted by Gasteiger charge is -2.11. The van der Waals surface area contributed by atoms with Crippen LogP contribution in [0.15, 0.2) is 41.6 Å². The van der Waals surface area contributed by atoms with Crippen molar-refractivity contribution in [1.82, 2.24) is 10.4 Å². The van der Waals surface area contributed by atoms with Crippen molar-refractivity contribution >= 4 is 29.1 Å². The monoisotopic (exact) mass is 362 g/mol. The molecule has 7 nitrogen and oxygen atoms in total. The molecule has 1 amide bonds. The number of nitrogens with one attached hydrogen (secondary N) is 2. The number of carbonyl (C=O) groups is 1. The lowest BCUT2D eigenvalue weighted by atomic mass is 10.1. The number of aromatic nitrogens is 1. The summed E-state index contributed by atoms with van der Waals surface area (Å²) in [6, 6.07) is 11.0. The number of hydrazine groups is 1. The fraction of sp³-hybridized carbons (Fsp3) is 0.235. The van der Waals surface area contributed by atoms with Crippen LogP contribution in [0.25, 0.3) is 0 Å². The van der Waals surface area contributed by atoms with Crippen LogP contribution < -0.4 is 10.9 Å². The summed E-state index contributed by atoms with van der Waals surface area (Å²) in [5.74, 6) is 0. The summed E-state index contributed by atoms with van der Waals surface area (Å²) in [6.07, 6.45) is -0.624. The maximum Gasteiger partial charge on any atom is 0.425 e. The van der Waals surface area contributed by atoms with Gasteiger partial charge in [0.15, 0.2) is 6.61 Å². The van der Waals surface area contributed by atoms with Gasteiger partial charge in [0.25, 0.3) is 0 Å². The van der Waals surface area contributed by atoms with Crippen molar-refractivity contribution in [2.75, 3.05) is 12.5 Å². The highest BCUT2D eigenvalue weighted by Crippen LogP contribution is 2.22. The van der Waals surface area contributed by atoms with E-state index in [1.807, 2.05) is 32.0 Å². The fourth-order valence-corrected chi connectivity index (χ4v) is 2.11. The molecular formula is C17H19ClN4O3. The average Bonchev–Trinajstić information content (AvgIpc) is 2.60. The van der Waals surface area contributed by atoms with E-state index >= 15 is 0 Å². The average molecular weight is 363 g/mol. The van der Waals surface area contributed by atoms with Crippen LogP contribution in [0, 0.1) is 6.92 Å². The molecule has 132 valence electrons. The van der Waals surface area contributed by atoms with Crippen LogP contribution in [0.3, 0.4) is 0 Å². The van der Waals surface area contributed by atoms with Crippen LogP contribution in [0.5, 0.6) is 0 Å². The zero-order valence-electron chi connectivity index (χ0n) is 14.2. The van der Waals surface area contributed by atoms with Crippen LogP contribution in [-0.2, 0) is 16.2 Å². The van der Waals surface area contributed by atoms with Gasteiger partial charge in [-0.05, 0) is 38.1 Å². The number of hydrogen-bond donors (Lipinski definition) is 2. The van der Waals surface area contributed by atoms with Crippen molar-refractivity contribution < 1.29 is 14.4 Å². The SMILES string of the molecule is COC(=O)NNc1cc(/C(C)=N/OCc2cccc(C)n2)ccc1Cl. The summed E-state index contributed by atoms with van der Waals surface area (Å²) in [7, 11) is 1.27. The molecule has 2 aromatic rings. The summed E-state index contributed by atoms with van der Waals surface area (Å²) in [6.45, 7) is 4.01. The van der Waals surface area contributed by atoms with Gasteiger partial charge in [-0.25, -0.2) is 10.2 Å². The maximum atomic E-state index is 11.1. The first-order valence-electron chi connectivity index (χ1n) is 7.48. The molecule has 0 aliphatic heterocycles. The number of ether oxygens (including phenoxy) is 1. The molecule has 2 rings (SSSR count). The lowest BCUT2D eigenvalue weighted by molar-refractivity contribution is 0.127. The molecular weight excluding hydrogens is 344 g/mol. The van der Waals surface area contributed by atoms with Crippen molar-refractivity contribution in [1.29, 1.82) is 0 Å². The summed E-state index contributed by atoms with van der Waals surface area (Å²) in [4.78, 5) is 20.8. The minimum atomic E-state index is -0.624. The molecule has 2 N–H and O–H groups in total. The van der Waals surface area contributed by atoms with Gasteiger partial charge < -0.3 is 9.57 Å². The Morgan fingerprint density at radius 1 is 1.32 bits per heavy atom. The molecule has 0 unspecified atom stereocenters. The molecule has 1 aromatic carbocycles. The van der Waals surface area contributed by atoms with Crippen LogP contribution in [0.1, 0.15) is 23.9 Å². The normalized spacial score (nSPS) is 11.0. The Balaban J connectivity index is 2.02. The Labute approximate surface area is 151 Å². The first-order chi connectivity index (χ1) is 12.0. The number of oxime groups is 1. The molecule has 0 radical (unpaired) electrons. The van der Waals surface area contributed by atoms with E-state index in [1.54, 1.807) is 18.2 Å². The van der Waals surface area contributed by atoms with E-state index in [1.165, 1.54) is 7.11 Å². The molecule has 0 aliphatic rings. The fourth-order valence-electron chi connectivity index (χ4n) is 1.94. The minimum Gasteiger partial charge on any atom is -0.452 e. The number of aryl methyl sites for hydroxylation is 1. The summed E-state index contributed by atoms with van der Waals surface area (Å²) in [5.41, 5.74) is 8.72. The van der Waals surface area contributed by atoms with E-state index in [9.17, 15) is 4.79 Å². The third-order valence-corrected chi connectivity index (χ3v) is 3.56. The van der Waals surface area contributed by atoms with Crippen molar-refractivity contribution in [3.05, 3.63) is 58.4 Å². The number of benzene rings is 1. The van der Waals surface area contributed by atoms with Crippen LogP contribution in [-0.4, -0.2) is 23.9 Å². The highest BCUT2D eigenvalue weighted by molar-refractivity contribution is 6.33. The van der Waals surface area contributed by atoms with Gasteiger partial charge in [0.2, 0.25) is 0 Å². The van der Waals surface area contributed by atoms with E-state index in [-0.39, 0.29) is 6.61 Å². The maximum absolute atomic E-state index is 11.1. The molecule has 0 saturated heterocycles. The van der Waals surface area contributed by atoms with Gasteiger partial charge in [0, 0.05) is 11.3 Å². The van der Waals surface area contributed by atoms with Crippen LogP contribution >= 0.6 is 11.6 Å². The number of methoxy groups -OCH3 is 1. The summed E-state index contributed by atoms with van der Waals surface area (Å²) in [5, 5.41) is 4.54. The Hall–Kier alpha value is -2.80. The van der Waals surface area contributed by atoms with E-state index in [4.69, 9.17) is 16.4 Å². The molecule has 0 saturated carbocycles. The van der Waals surface area contributed by atoms with Gasteiger partial charge in [0.1, 0.15) is 0 Å². The minimum absolute atomic E-state index is 0.279. The molecule has 0 bridgehead atoms. The number of hydrogen-bond acceptors (Lipinski definition) is 6. The molecule has 25 heavy (non-hydrogen) atoms. The summed E-state index contributed by atoms with van der Waals surface area (Å²) < 4.78 is 4.49. The van der Waals surface area contributed by atoms with E-state index in [0.717, 1.165) is 17.0 Å². The number of pyridine rings is 1. The molecule has 0 atom stereocenters. The molecule has 0 fully saturated rings. The zero-order chi connectivity index (χ0) is 18.2. The van der Waals surface area contributed by atoms with Gasteiger partial charge in [0.05, 0.1) is 29.2 Å². The van der Waals surface area contributed by atoms with E-state index in [2.05, 4.69) is 25.7 Å². The first-order valence-corrected chi connectivity index (χ1v) is 7.86. The van der Waals surface area contributed by atoms with Crippen LogP contribution in [0.4, 0.5) is 10.5 Å². The first kappa shape index (κ1) is 18.5. The number of amides is 1. The highest BCUT2D eigenvalue weighted by Gasteiger charge is 2.06. The molecule has 0 aliphatic carbocycles. The number of nitrogens with zero attached hydrogens (tertiary/aromatic N) is 2. The zero-order valence-corrected chi connectivity index (χ0v) is 14.9. The van der Waals surface area contributed by atoms with Crippen molar-refractivity contribution in [2.45, 2.75) is 20.5 Å². The van der Waals surface area contributed by atoms with Gasteiger partial charge in [-0.2, -0.15) is 0 Å². The summed E-state index contributed by atoms with van der Waals surface area (Å²) >= 11 is 6.09. The van der Waals surface area contributed by atoms with Gasteiger partial charge in [-0.3, -0.25) is 10.4 Å². The van der Waals surface area contributed by atoms with E-state index in [0.29, 0.717) is 16.4 Å². The predicted octanol–water partition coefficient (Wildman–Crippen LogP) is 3.67. The van der Waals surface area contributed by atoms with Crippen LogP contribution in [0.2, 0.25) is 5.02 Å². The smallest absolute Gasteiger partial charge is 0.425 e. The standard InChI is InChI=1S/C17H19ClN4O3/c1-11-5-4-6-14(19-11)10-25-22-12(2)13-7-8-15(18)16(9-13)20-21-17(23)24-3/h4-9,20H,10H2,1-3H3,(H,21,23)/b22-12+. The number of rotatable bonds is 6. The predicted molar refractivity (Wildman–Crippen MR) is 96.6 cm³/mol. The van der Waals surface area contributed by atoms with Crippen molar-refractivity contribution in [3.63, 3.8) is 0 Å². The largest absolute Gasteiger partial charge is 0.452 e. The third-order valence-electron chi connectivity index (χ3n) is 3.23. The third kappa shape index (κ3) is 5.65. The molecule has 0 spiro atoms. The van der Waals surface area contributed by atoms with Gasteiger partial charge in [-0.15, -0.1) is 0 Å². The molecule has 8 heteroatoms. The van der Waals surface area contributed by atoms with Gasteiger partial charge >= 0.3 is 6.09 Å². The molecule has 1 heterocycles. The van der Waals surface area contributed by atoms with E-state index < -0.39 is 6.09 Å². The second kappa shape index (κ2) is 8.89. The van der Waals surface area contributed by atoms with Crippen molar-refractivity contribution in [2.24, 2.45) is 5.16 Å². The molecule has 1 aromatic heterocycles.